The molecule has 0 saturated carbocycles. The number of para-hydroxylation sites is 1. The van der Waals surface area contributed by atoms with Gasteiger partial charge in [-0.25, -0.2) is 0 Å². The molecule has 0 radical (unpaired) electrons. The molecule has 0 aliphatic carbocycles. The van der Waals surface area contributed by atoms with Crippen molar-refractivity contribution in [2.45, 2.75) is 26.8 Å². The predicted molar refractivity (Wildman–Crippen MR) is 81.1 cm³/mol. The number of hydrogen-bond donors (Lipinski definition) is 1. The number of nitro groups is 1. The second-order valence-electron chi connectivity index (χ2n) is 4.98. The highest BCUT2D eigenvalue weighted by Gasteiger charge is 2.14. The minimum Gasteiger partial charge on any atom is -0.378 e. The lowest BCUT2D eigenvalue weighted by Crippen LogP contribution is -2.08. The first-order valence-corrected chi connectivity index (χ1v) is 6.56. The van der Waals surface area contributed by atoms with Crippen molar-refractivity contribution >= 4 is 11.4 Å². The van der Waals surface area contributed by atoms with E-state index in [1.54, 1.807) is 19.1 Å². The van der Waals surface area contributed by atoms with Gasteiger partial charge in [0.05, 0.1) is 4.92 Å². The van der Waals surface area contributed by atoms with Crippen LogP contribution in [0.3, 0.4) is 0 Å². The molecule has 2 aromatic rings. The monoisotopic (exact) mass is 270 g/mol. The fourth-order valence-corrected chi connectivity index (χ4v) is 2.14. The summed E-state index contributed by atoms with van der Waals surface area (Å²) in [4.78, 5) is 10.7. The number of anilines is 1. The summed E-state index contributed by atoms with van der Waals surface area (Å²) in [5, 5.41) is 14.4. The molecule has 0 fully saturated rings. The summed E-state index contributed by atoms with van der Waals surface area (Å²) in [5.74, 6) is 0. The fourth-order valence-electron chi connectivity index (χ4n) is 2.14. The highest BCUT2D eigenvalue weighted by Crippen LogP contribution is 2.26. The van der Waals surface area contributed by atoms with Crippen LogP contribution in [0.15, 0.2) is 42.5 Å². The molecule has 1 unspecified atom stereocenters. The Bertz CT molecular complexity index is 638. The fraction of sp³-hybridized carbons (Fsp3) is 0.250. The summed E-state index contributed by atoms with van der Waals surface area (Å²) in [6.45, 7) is 5.79. The van der Waals surface area contributed by atoms with Crippen molar-refractivity contribution in [1.29, 1.82) is 0 Å². The molecule has 0 aliphatic heterocycles. The quantitative estimate of drug-likeness (QED) is 0.662. The molecule has 0 saturated heterocycles. The zero-order valence-electron chi connectivity index (χ0n) is 11.9. The number of nitrogens with one attached hydrogen (secondary N) is 1. The van der Waals surface area contributed by atoms with Crippen LogP contribution in [0.1, 0.15) is 29.7 Å². The highest BCUT2D eigenvalue weighted by molar-refractivity contribution is 5.53. The van der Waals surface area contributed by atoms with Gasteiger partial charge in [0, 0.05) is 23.4 Å². The van der Waals surface area contributed by atoms with E-state index in [2.05, 4.69) is 5.32 Å². The lowest BCUT2D eigenvalue weighted by Gasteiger charge is -2.17. The Morgan fingerprint density at radius 2 is 1.80 bits per heavy atom. The van der Waals surface area contributed by atoms with Gasteiger partial charge < -0.3 is 5.32 Å². The first-order chi connectivity index (χ1) is 9.49. The van der Waals surface area contributed by atoms with Gasteiger partial charge in [0.2, 0.25) is 0 Å². The lowest BCUT2D eigenvalue weighted by atomic mass is 10.0. The molecule has 1 N–H and O–H groups in total. The van der Waals surface area contributed by atoms with Crippen LogP contribution in [0.2, 0.25) is 0 Å². The lowest BCUT2D eigenvalue weighted by molar-refractivity contribution is -0.385. The number of nitrogens with zero attached hydrogens (tertiary/aromatic N) is 1. The Kier molecular flexibility index (Phi) is 4.03. The minimum absolute atomic E-state index is 0.00963. The maximum absolute atomic E-state index is 11.0. The number of benzene rings is 2. The summed E-state index contributed by atoms with van der Waals surface area (Å²) < 4.78 is 0. The Hall–Kier alpha value is -2.36. The number of hydrogen-bond acceptors (Lipinski definition) is 3. The van der Waals surface area contributed by atoms with Crippen molar-refractivity contribution in [2.24, 2.45) is 0 Å². The predicted octanol–water partition coefficient (Wildman–Crippen LogP) is 4.38. The normalized spacial score (nSPS) is 11.9. The zero-order valence-corrected chi connectivity index (χ0v) is 11.9. The molecule has 20 heavy (non-hydrogen) atoms. The van der Waals surface area contributed by atoms with Crippen molar-refractivity contribution in [2.75, 3.05) is 5.32 Å². The van der Waals surface area contributed by atoms with E-state index in [9.17, 15) is 10.1 Å². The van der Waals surface area contributed by atoms with Gasteiger partial charge in [0.1, 0.15) is 0 Å². The van der Waals surface area contributed by atoms with Crippen LogP contribution in [-0.4, -0.2) is 4.92 Å². The molecule has 0 aromatic heterocycles. The maximum Gasteiger partial charge on any atom is 0.272 e. The third-order valence-electron chi connectivity index (χ3n) is 3.45. The average Bonchev–Trinajstić information content (AvgIpc) is 2.41. The van der Waals surface area contributed by atoms with Crippen molar-refractivity contribution in [1.82, 2.24) is 0 Å². The van der Waals surface area contributed by atoms with Crippen molar-refractivity contribution in [3.05, 3.63) is 69.3 Å². The van der Waals surface area contributed by atoms with Crippen molar-refractivity contribution < 1.29 is 4.92 Å². The summed E-state index contributed by atoms with van der Waals surface area (Å²) >= 11 is 0. The van der Waals surface area contributed by atoms with Crippen molar-refractivity contribution in [3.63, 3.8) is 0 Å². The first-order valence-electron chi connectivity index (χ1n) is 6.56. The molecule has 0 heterocycles. The van der Waals surface area contributed by atoms with Crippen LogP contribution in [-0.2, 0) is 0 Å². The molecule has 0 aliphatic rings. The van der Waals surface area contributed by atoms with Gasteiger partial charge in [-0.15, -0.1) is 0 Å². The highest BCUT2D eigenvalue weighted by atomic mass is 16.6. The molecule has 4 heteroatoms. The van der Waals surface area contributed by atoms with E-state index in [1.807, 2.05) is 44.2 Å². The zero-order chi connectivity index (χ0) is 14.7. The van der Waals surface area contributed by atoms with Crippen LogP contribution in [0.5, 0.6) is 0 Å². The van der Waals surface area contributed by atoms with Gasteiger partial charge in [-0.05, 0) is 38.0 Å². The molecule has 0 spiro atoms. The second kappa shape index (κ2) is 5.74. The maximum atomic E-state index is 11.0. The topological polar surface area (TPSA) is 55.2 Å². The van der Waals surface area contributed by atoms with Gasteiger partial charge in [0.15, 0.2) is 0 Å². The van der Waals surface area contributed by atoms with E-state index in [1.165, 1.54) is 0 Å². The molecular weight excluding hydrogens is 252 g/mol. The van der Waals surface area contributed by atoms with E-state index < -0.39 is 0 Å². The second-order valence-corrected chi connectivity index (χ2v) is 4.98. The Morgan fingerprint density at radius 3 is 2.45 bits per heavy atom. The summed E-state index contributed by atoms with van der Waals surface area (Å²) in [6.07, 6.45) is 0. The van der Waals surface area contributed by atoms with E-state index >= 15 is 0 Å². The first kappa shape index (κ1) is 14.1. The van der Waals surface area contributed by atoms with Crippen LogP contribution in [0.4, 0.5) is 11.4 Å². The van der Waals surface area contributed by atoms with Gasteiger partial charge >= 0.3 is 0 Å². The Labute approximate surface area is 118 Å². The number of nitro benzene ring substituents is 1. The molecule has 0 bridgehead atoms. The van der Waals surface area contributed by atoms with E-state index in [4.69, 9.17) is 0 Å². The smallest absolute Gasteiger partial charge is 0.272 e. The molecular formula is C16H18N2O2. The van der Waals surface area contributed by atoms with E-state index in [0.29, 0.717) is 5.56 Å². The van der Waals surface area contributed by atoms with Crippen LogP contribution < -0.4 is 5.32 Å². The van der Waals surface area contributed by atoms with Gasteiger partial charge in [-0.1, -0.05) is 30.3 Å². The molecule has 104 valence electrons. The molecule has 4 nitrogen and oxygen atoms in total. The third kappa shape index (κ3) is 2.96. The van der Waals surface area contributed by atoms with Gasteiger partial charge in [-0.3, -0.25) is 10.1 Å². The molecule has 0 amide bonds. The summed E-state index contributed by atoms with van der Waals surface area (Å²) in [5.41, 5.74) is 3.96. The summed E-state index contributed by atoms with van der Waals surface area (Å²) in [6, 6.07) is 13.4. The van der Waals surface area contributed by atoms with Crippen LogP contribution in [0, 0.1) is 24.0 Å². The Morgan fingerprint density at radius 1 is 1.10 bits per heavy atom. The van der Waals surface area contributed by atoms with Crippen LogP contribution >= 0.6 is 0 Å². The molecule has 1 atom stereocenters. The largest absolute Gasteiger partial charge is 0.378 e. The third-order valence-corrected chi connectivity index (χ3v) is 3.45. The Balaban J connectivity index is 2.26. The summed E-state index contributed by atoms with van der Waals surface area (Å²) in [7, 11) is 0. The van der Waals surface area contributed by atoms with E-state index in [0.717, 1.165) is 16.8 Å². The standard InChI is InChI=1S/C16H18N2O2/c1-11-6-4-5-7-15(11)17-13(3)14-9-8-12(2)16(10-14)18(19)20/h4-10,13,17H,1-3H3. The molecule has 2 rings (SSSR count). The molecule has 2 aromatic carbocycles. The SMILES string of the molecule is Cc1ccccc1NC(C)c1ccc(C)c([N+](=O)[O-])c1. The number of rotatable bonds is 4. The van der Waals surface area contributed by atoms with Crippen LogP contribution in [0.25, 0.3) is 0 Å². The number of aryl methyl sites for hydroxylation is 2. The average molecular weight is 270 g/mol. The van der Waals surface area contributed by atoms with Crippen molar-refractivity contribution in [3.8, 4) is 0 Å². The van der Waals surface area contributed by atoms with E-state index in [-0.39, 0.29) is 16.7 Å². The van der Waals surface area contributed by atoms with Gasteiger partial charge in [-0.2, -0.15) is 0 Å². The minimum atomic E-state index is -0.334. The van der Waals surface area contributed by atoms with Gasteiger partial charge in [0.25, 0.3) is 5.69 Å².